The number of piperidine rings is 1. The molecule has 0 aliphatic carbocycles. The van der Waals surface area contributed by atoms with Gasteiger partial charge in [-0.25, -0.2) is 4.98 Å². The van der Waals surface area contributed by atoms with E-state index in [9.17, 15) is 14.4 Å². The van der Waals surface area contributed by atoms with E-state index in [1.165, 1.54) is 6.07 Å². The molecule has 3 amide bonds. The first-order valence-electron chi connectivity index (χ1n) is 8.98. The summed E-state index contributed by atoms with van der Waals surface area (Å²) in [6.45, 7) is 2.61. The standard InChI is InChI=1S/C19H21BrN4O4/c1-12-4-2-8-21-17(12)23-18(26)13-5-3-9-24(11-13)16(25)10-22-19(27)14-6-7-15(20)28-14/h2,4,6-8,13H,3,5,9-11H2,1H3,(H,22,27)(H,21,23,26). The van der Waals surface area contributed by atoms with Gasteiger partial charge in [-0.3, -0.25) is 14.4 Å². The van der Waals surface area contributed by atoms with Crippen LogP contribution in [0.2, 0.25) is 0 Å². The number of rotatable bonds is 5. The van der Waals surface area contributed by atoms with Crippen LogP contribution in [0.1, 0.15) is 29.0 Å². The number of nitrogens with zero attached hydrogens (tertiary/aromatic N) is 2. The summed E-state index contributed by atoms with van der Waals surface area (Å²) in [5.74, 6) is -0.491. The predicted octanol–water partition coefficient (Wildman–Crippen LogP) is 2.35. The van der Waals surface area contributed by atoms with E-state index >= 15 is 0 Å². The van der Waals surface area contributed by atoms with Crippen molar-refractivity contribution in [2.75, 3.05) is 25.0 Å². The van der Waals surface area contributed by atoms with E-state index in [0.29, 0.717) is 30.0 Å². The third-order valence-electron chi connectivity index (χ3n) is 4.59. The number of pyridine rings is 1. The normalized spacial score (nSPS) is 16.5. The van der Waals surface area contributed by atoms with Crippen LogP contribution < -0.4 is 10.6 Å². The molecule has 0 radical (unpaired) electrons. The third kappa shape index (κ3) is 4.98. The fraction of sp³-hybridized carbons (Fsp3) is 0.368. The quantitative estimate of drug-likeness (QED) is 0.730. The topological polar surface area (TPSA) is 105 Å². The van der Waals surface area contributed by atoms with Gasteiger partial charge in [0.25, 0.3) is 5.91 Å². The SMILES string of the molecule is Cc1cccnc1NC(=O)C1CCCN(C(=O)CNC(=O)c2ccc(Br)o2)C1. The van der Waals surface area contributed by atoms with Crippen molar-refractivity contribution in [1.82, 2.24) is 15.2 Å². The molecule has 2 N–H and O–H groups in total. The summed E-state index contributed by atoms with van der Waals surface area (Å²) in [7, 11) is 0. The molecule has 0 saturated carbocycles. The lowest BCUT2D eigenvalue weighted by atomic mass is 9.97. The zero-order valence-corrected chi connectivity index (χ0v) is 17.0. The van der Waals surface area contributed by atoms with Gasteiger partial charge in [0.2, 0.25) is 11.8 Å². The van der Waals surface area contributed by atoms with E-state index in [-0.39, 0.29) is 30.0 Å². The van der Waals surface area contributed by atoms with E-state index < -0.39 is 5.91 Å². The maximum Gasteiger partial charge on any atom is 0.287 e. The lowest BCUT2D eigenvalue weighted by Gasteiger charge is -2.32. The monoisotopic (exact) mass is 448 g/mol. The van der Waals surface area contributed by atoms with Crippen LogP contribution >= 0.6 is 15.9 Å². The van der Waals surface area contributed by atoms with Gasteiger partial charge >= 0.3 is 0 Å². The lowest BCUT2D eigenvalue weighted by Crippen LogP contribution is -2.47. The van der Waals surface area contributed by atoms with Crippen molar-refractivity contribution in [2.24, 2.45) is 5.92 Å². The highest BCUT2D eigenvalue weighted by atomic mass is 79.9. The minimum absolute atomic E-state index is 0.126. The molecule has 148 valence electrons. The number of amides is 3. The summed E-state index contributed by atoms with van der Waals surface area (Å²) in [6.07, 6.45) is 3.05. The second-order valence-electron chi connectivity index (χ2n) is 6.62. The maximum atomic E-state index is 12.6. The van der Waals surface area contributed by atoms with Crippen LogP contribution in [-0.2, 0) is 9.59 Å². The van der Waals surface area contributed by atoms with Gasteiger partial charge in [-0.05, 0) is 59.5 Å². The number of carbonyl (C=O) groups is 3. The highest BCUT2D eigenvalue weighted by Crippen LogP contribution is 2.19. The van der Waals surface area contributed by atoms with E-state index in [1.54, 1.807) is 17.2 Å². The molecular weight excluding hydrogens is 428 g/mol. The molecule has 1 aliphatic heterocycles. The predicted molar refractivity (Wildman–Crippen MR) is 106 cm³/mol. The molecular formula is C19H21BrN4O4. The van der Waals surface area contributed by atoms with Crippen LogP contribution in [-0.4, -0.2) is 47.2 Å². The molecule has 3 heterocycles. The van der Waals surface area contributed by atoms with Crippen molar-refractivity contribution in [3.63, 3.8) is 0 Å². The van der Waals surface area contributed by atoms with Crippen molar-refractivity contribution in [2.45, 2.75) is 19.8 Å². The summed E-state index contributed by atoms with van der Waals surface area (Å²) in [5, 5.41) is 5.38. The van der Waals surface area contributed by atoms with Gasteiger partial charge < -0.3 is 20.0 Å². The van der Waals surface area contributed by atoms with E-state index in [2.05, 4.69) is 31.5 Å². The number of hydrogen-bond donors (Lipinski definition) is 2. The van der Waals surface area contributed by atoms with Crippen LogP contribution in [0.5, 0.6) is 0 Å². The van der Waals surface area contributed by atoms with Gasteiger partial charge in [0, 0.05) is 19.3 Å². The van der Waals surface area contributed by atoms with Crippen molar-refractivity contribution >= 4 is 39.5 Å². The Kier molecular flexibility index (Phi) is 6.45. The van der Waals surface area contributed by atoms with Crippen LogP contribution in [0.25, 0.3) is 0 Å². The molecule has 2 aromatic heterocycles. The largest absolute Gasteiger partial charge is 0.444 e. The molecule has 0 aromatic carbocycles. The average molecular weight is 449 g/mol. The maximum absolute atomic E-state index is 12.6. The van der Waals surface area contributed by atoms with Gasteiger partial charge in [0.1, 0.15) is 5.82 Å². The van der Waals surface area contributed by atoms with Crippen molar-refractivity contribution in [1.29, 1.82) is 0 Å². The van der Waals surface area contributed by atoms with E-state index in [1.807, 2.05) is 19.1 Å². The molecule has 9 heteroatoms. The van der Waals surface area contributed by atoms with Crippen LogP contribution in [0.3, 0.4) is 0 Å². The van der Waals surface area contributed by atoms with E-state index in [0.717, 1.165) is 12.0 Å². The minimum Gasteiger partial charge on any atom is -0.444 e. The fourth-order valence-electron chi connectivity index (χ4n) is 3.04. The summed E-state index contributed by atoms with van der Waals surface area (Å²) < 4.78 is 5.60. The first-order valence-corrected chi connectivity index (χ1v) is 9.77. The van der Waals surface area contributed by atoms with Gasteiger partial charge in [0.15, 0.2) is 10.4 Å². The number of nitrogens with one attached hydrogen (secondary N) is 2. The van der Waals surface area contributed by atoms with E-state index in [4.69, 9.17) is 4.42 Å². The number of aryl methyl sites for hydroxylation is 1. The van der Waals surface area contributed by atoms with Crippen molar-refractivity contribution in [3.8, 4) is 0 Å². The zero-order chi connectivity index (χ0) is 20.1. The van der Waals surface area contributed by atoms with Crippen molar-refractivity contribution < 1.29 is 18.8 Å². The molecule has 0 spiro atoms. The summed E-state index contributed by atoms with van der Waals surface area (Å²) >= 11 is 3.13. The number of furan rings is 1. The first-order chi connectivity index (χ1) is 13.4. The summed E-state index contributed by atoms with van der Waals surface area (Å²) in [5.41, 5.74) is 0.881. The molecule has 8 nitrogen and oxygen atoms in total. The summed E-state index contributed by atoms with van der Waals surface area (Å²) in [4.78, 5) is 42.8. The van der Waals surface area contributed by atoms with Gasteiger partial charge in [-0.1, -0.05) is 6.07 Å². The average Bonchev–Trinajstić information content (AvgIpc) is 3.14. The zero-order valence-electron chi connectivity index (χ0n) is 15.4. The van der Waals surface area contributed by atoms with Crippen LogP contribution in [0, 0.1) is 12.8 Å². The fourth-order valence-corrected chi connectivity index (χ4v) is 3.35. The molecule has 1 atom stereocenters. The Hall–Kier alpha value is -2.68. The number of hydrogen-bond acceptors (Lipinski definition) is 5. The Bertz CT molecular complexity index is 882. The first kappa shape index (κ1) is 20.1. The highest BCUT2D eigenvalue weighted by molar-refractivity contribution is 9.10. The summed E-state index contributed by atoms with van der Waals surface area (Å²) in [6, 6.07) is 6.81. The molecule has 1 saturated heterocycles. The smallest absolute Gasteiger partial charge is 0.287 e. The van der Waals surface area contributed by atoms with Gasteiger partial charge in [-0.2, -0.15) is 0 Å². The molecule has 2 aromatic rings. The number of carbonyl (C=O) groups excluding carboxylic acids is 3. The van der Waals surface area contributed by atoms with Gasteiger partial charge in [-0.15, -0.1) is 0 Å². The Morgan fingerprint density at radius 1 is 1.32 bits per heavy atom. The molecule has 1 fully saturated rings. The molecule has 0 bridgehead atoms. The number of aromatic nitrogens is 1. The van der Waals surface area contributed by atoms with Crippen molar-refractivity contribution in [3.05, 3.63) is 46.5 Å². The van der Waals surface area contributed by atoms with Gasteiger partial charge in [0.05, 0.1) is 12.5 Å². The Balaban J connectivity index is 1.52. The third-order valence-corrected chi connectivity index (χ3v) is 5.02. The lowest BCUT2D eigenvalue weighted by molar-refractivity contribution is -0.133. The molecule has 3 rings (SSSR count). The second kappa shape index (κ2) is 9.01. The van der Waals surface area contributed by atoms with Crippen LogP contribution in [0.4, 0.5) is 5.82 Å². The second-order valence-corrected chi connectivity index (χ2v) is 7.41. The minimum atomic E-state index is -0.462. The Labute approximate surface area is 170 Å². The Morgan fingerprint density at radius 3 is 2.86 bits per heavy atom. The number of anilines is 1. The molecule has 1 unspecified atom stereocenters. The highest BCUT2D eigenvalue weighted by Gasteiger charge is 2.29. The Morgan fingerprint density at radius 2 is 2.14 bits per heavy atom. The number of likely N-dealkylation sites (tertiary alicyclic amines) is 1. The van der Waals surface area contributed by atoms with Crippen LogP contribution in [0.15, 0.2) is 39.5 Å². The molecule has 28 heavy (non-hydrogen) atoms. The molecule has 1 aliphatic rings. The number of halogens is 1.